The lowest BCUT2D eigenvalue weighted by atomic mass is 10.1. The molecule has 0 bridgehead atoms. The molecule has 194 valence electrons. The smallest absolute Gasteiger partial charge is 0.262 e. The second-order valence-electron chi connectivity index (χ2n) is 9.04. The predicted octanol–water partition coefficient (Wildman–Crippen LogP) is 5.36. The Morgan fingerprint density at radius 3 is 2.32 bits per heavy atom. The molecule has 1 aliphatic rings. The van der Waals surface area contributed by atoms with Crippen LogP contribution in [0.4, 0.5) is 15.8 Å². The number of thiocarbonyl (C=S) groups is 1. The van der Waals surface area contributed by atoms with Crippen molar-refractivity contribution in [1.82, 2.24) is 4.90 Å². The number of hydrogen-bond acceptors (Lipinski definition) is 5. The monoisotopic (exact) mass is 521 g/mol. The Labute approximate surface area is 223 Å². The van der Waals surface area contributed by atoms with Crippen molar-refractivity contribution in [2.75, 3.05) is 49.6 Å². The lowest BCUT2D eigenvalue weighted by Crippen LogP contribution is -2.48. The standard InChI is InChI=1S/C29H32FN3O3S/c1-4-35-27-18-22(29(37)33-13-11-32(12-14-33)25-8-6-5-7-24(25)30)9-10-26(27)36-19-28(34)31-23-16-20(2)15-21(3)17-23/h5-10,15-18H,4,11-14,19H2,1-3H3,(H,31,34). The van der Waals surface area contributed by atoms with Crippen LogP contribution in [0.2, 0.25) is 0 Å². The normalized spacial score (nSPS) is 13.3. The maximum Gasteiger partial charge on any atom is 0.262 e. The minimum Gasteiger partial charge on any atom is -0.490 e. The molecule has 37 heavy (non-hydrogen) atoms. The van der Waals surface area contributed by atoms with Gasteiger partial charge < -0.3 is 24.6 Å². The van der Waals surface area contributed by atoms with Crippen LogP contribution >= 0.6 is 12.2 Å². The van der Waals surface area contributed by atoms with E-state index in [0.29, 0.717) is 55.0 Å². The van der Waals surface area contributed by atoms with Crippen LogP contribution in [0.15, 0.2) is 60.7 Å². The van der Waals surface area contributed by atoms with Gasteiger partial charge in [-0.3, -0.25) is 4.79 Å². The van der Waals surface area contributed by atoms with Gasteiger partial charge in [-0.15, -0.1) is 0 Å². The first-order valence-electron chi connectivity index (χ1n) is 12.4. The average molecular weight is 522 g/mol. The van der Waals surface area contributed by atoms with Crippen LogP contribution in [0.5, 0.6) is 11.5 Å². The molecule has 4 rings (SSSR count). The fraction of sp³-hybridized carbons (Fsp3) is 0.310. The van der Waals surface area contributed by atoms with E-state index in [9.17, 15) is 9.18 Å². The number of carbonyl (C=O) groups excluding carboxylic acids is 1. The summed E-state index contributed by atoms with van der Waals surface area (Å²) in [6.07, 6.45) is 0. The maximum absolute atomic E-state index is 14.2. The first-order valence-corrected chi connectivity index (χ1v) is 12.8. The molecule has 3 aromatic rings. The molecule has 0 unspecified atom stereocenters. The number of nitrogens with zero attached hydrogens (tertiary/aromatic N) is 2. The third-order valence-electron chi connectivity index (χ3n) is 6.11. The second-order valence-corrected chi connectivity index (χ2v) is 9.43. The SMILES string of the molecule is CCOc1cc(C(=S)N2CCN(c3ccccc3F)CC2)ccc1OCC(=O)Nc1cc(C)cc(C)c1. The maximum atomic E-state index is 14.2. The largest absolute Gasteiger partial charge is 0.490 e. The Bertz CT molecular complexity index is 1250. The molecule has 8 heteroatoms. The summed E-state index contributed by atoms with van der Waals surface area (Å²) in [5, 5.41) is 2.88. The quantitative estimate of drug-likeness (QED) is 0.403. The van der Waals surface area contributed by atoms with E-state index in [1.807, 2.05) is 56.0 Å². The molecule has 1 saturated heterocycles. The highest BCUT2D eigenvalue weighted by molar-refractivity contribution is 7.80. The Morgan fingerprint density at radius 1 is 0.946 bits per heavy atom. The van der Waals surface area contributed by atoms with Crippen LogP contribution in [-0.4, -0.2) is 55.2 Å². The average Bonchev–Trinajstić information content (AvgIpc) is 2.87. The lowest BCUT2D eigenvalue weighted by Gasteiger charge is -2.37. The van der Waals surface area contributed by atoms with Gasteiger partial charge >= 0.3 is 0 Å². The number of hydrogen-bond donors (Lipinski definition) is 1. The lowest BCUT2D eigenvalue weighted by molar-refractivity contribution is -0.118. The highest BCUT2D eigenvalue weighted by Crippen LogP contribution is 2.30. The summed E-state index contributed by atoms with van der Waals surface area (Å²) in [6, 6.07) is 18.2. The van der Waals surface area contributed by atoms with Crippen molar-refractivity contribution in [2.24, 2.45) is 0 Å². The van der Waals surface area contributed by atoms with Gasteiger partial charge in [0.1, 0.15) is 10.8 Å². The molecular formula is C29H32FN3O3S. The van der Waals surface area contributed by atoms with E-state index in [-0.39, 0.29) is 18.3 Å². The molecule has 1 aliphatic heterocycles. The fourth-order valence-corrected chi connectivity index (χ4v) is 4.77. The number of anilines is 2. The zero-order chi connectivity index (χ0) is 26.4. The minimum absolute atomic E-state index is 0.144. The summed E-state index contributed by atoms with van der Waals surface area (Å²) in [6.45, 7) is 8.90. The van der Waals surface area contributed by atoms with Gasteiger partial charge in [-0.05, 0) is 74.4 Å². The number of ether oxygens (including phenoxy) is 2. The van der Waals surface area contributed by atoms with Crippen LogP contribution in [-0.2, 0) is 4.79 Å². The number of amides is 1. The van der Waals surface area contributed by atoms with Crippen molar-refractivity contribution < 1.29 is 18.7 Å². The van der Waals surface area contributed by atoms with Crippen molar-refractivity contribution in [3.63, 3.8) is 0 Å². The highest BCUT2D eigenvalue weighted by atomic mass is 32.1. The van der Waals surface area contributed by atoms with E-state index in [1.54, 1.807) is 18.2 Å². The minimum atomic E-state index is -0.250. The Hall–Kier alpha value is -3.65. The molecule has 0 atom stereocenters. The first-order chi connectivity index (χ1) is 17.8. The fourth-order valence-electron chi connectivity index (χ4n) is 4.46. The zero-order valence-electron chi connectivity index (χ0n) is 21.4. The molecule has 0 aromatic heterocycles. The molecule has 0 radical (unpaired) electrons. The Morgan fingerprint density at radius 2 is 1.65 bits per heavy atom. The second kappa shape index (κ2) is 12.1. The number of para-hydroxylation sites is 1. The van der Waals surface area contributed by atoms with Gasteiger partial charge in [-0.2, -0.15) is 0 Å². The van der Waals surface area contributed by atoms with E-state index in [2.05, 4.69) is 16.3 Å². The zero-order valence-corrected chi connectivity index (χ0v) is 22.2. The molecule has 0 spiro atoms. The van der Waals surface area contributed by atoms with Crippen molar-refractivity contribution in [3.8, 4) is 11.5 Å². The third kappa shape index (κ3) is 6.77. The number of halogens is 1. The molecule has 1 amide bonds. The van der Waals surface area contributed by atoms with Crippen LogP contribution in [0.1, 0.15) is 23.6 Å². The summed E-state index contributed by atoms with van der Waals surface area (Å²) in [5.41, 5.74) is 4.36. The van der Waals surface area contributed by atoms with Crippen molar-refractivity contribution >= 4 is 34.5 Å². The number of benzene rings is 3. The molecule has 3 aromatic carbocycles. The molecule has 1 heterocycles. The number of aryl methyl sites for hydroxylation is 2. The summed E-state index contributed by atoms with van der Waals surface area (Å²) >= 11 is 5.78. The van der Waals surface area contributed by atoms with Crippen molar-refractivity contribution in [1.29, 1.82) is 0 Å². The van der Waals surface area contributed by atoms with Crippen LogP contribution < -0.4 is 19.7 Å². The molecular weight excluding hydrogens is 489 g/mol. The number of nitrogens with one attached hydrogen (secondary N) is 1. The summed E-state index contributed by atoms with van der Waals surface area (Å²) in [5.74, 6) is 0.554. The molecule has 6 nitrogen and oxygen atoms in total. The van der Waals surface area contributed by atoms with Gasteiger partial charge in [0, 0.05) is 37.4 Å². The van der Waals surface area contributed by atoms with Gasteiger partial charge in [0.25, 0.3) is 5.91 Å². The van der Waals surface area contributed by atoms with E-state index in [0.717, 1.165) is 22.4 Å². The summed E-state index contributed by atoms with van der Waals surface area (Å²) in [4.78, 5) is 17.3. The number of carbonyl (C=O) groups is 1. The van der Waals surface area contributed by atoms with Crippen LogP contribution in [0, 0.1) is 19.7 Å². The van der Waals surface area contributed by atoms with E-state index in [4.69, 9.17) is 21.7 Å². The van der Waals surface area contributed by atoms with Gasteiger partial charge in [-0.1, -0.05) is 30.4 Å². The Balaban J connectivity index is 1.37. The van der Waals surface area contributed by atoms with E-state index in [1.165, 1.54) is 6.07 Å². The molecule has 0 saturated carbocycles. The summed E-state index contributed by atoms with van der Waals surface area (Å²) < 4.78 is 25.8. The highest BCUT2D eigenvalue weighted by Gasteiger charge is 2.22. The number of piperazine rings is 1. The van der Waals surface area contributed by atoms with Gasteiger partial charge in [-0.25, -0.2) is 4.39 Å². The molecule has 1 fully saturated rings. The van der Waals surface area contributed by atoms with Crippen molar-refractivity contribution in [2.45, 2.75) is 20.8 Å². The van der Waals surface area contributed by atoms with Gasteiger partial charge in [0.15, 0.2) is 18.1 Å². The van der Waals surface area contributed by atoms with Gasteiger partial charge in [0.2, 0.25) is 0 Å². The summed E-state index contributed by atoms with van der Waals surface area (Å²) in [7, 11) is 0. The Kier molecular flexibility index (Phi) is 8.61. The van der Waals surface area contributed by atoms with Crippen LogP contribution in [0.3, 0.4) is 0 Å². The third-order valence-corrected chi connectivity index (χ3v) is 6.61. The van der Waals surface area contributed by atoms with Crippen LogP contribution in [0.25, 0.3) is 0 Å². The number of rotatable bonds is 8. The van der Waals surface area contributed by atoms with Crippen molar-refractivity contribution in [3.05, 3.63) is 83.2 Å². The van der Waals surface area contributed by atoms with E-state index < -0.39 is 0 Å². The van der Waals surface area contributed by atoms with E-state index >= 15 is 0 Å². The van der Waals surface area contributed by atoms with Gasteiger partial charge in [0.05, 0.1) is 12.3 Å². The molecule has 0 aliphatic carbocycles. The molecule has 1 N–H and O–H groups in total. The first kappa shape index (κ1) is 26.4. The topological polar surface area (TPSA) is 54.0 Å². The predicted molar refractivity (Wildman–Crippen MR) is 150 cm³/mol.